The molecule has 40 heavy (non-hydrogen) atoms. The number of carbonyl (C=O) groups is 2. The molecule has 0 aromatic heterocycles. The highest BCUT2D eigenvalue weighted by Crippen LogP contribution is 2.60. The average molecular weight is 562 g/mol. The van der Waals surface area contributed by atoms with Crippen molar-refractivity contribution in [2.24, 2.45) is 11.8 Å². The van der Waals surface area contributed by atoms with Gasteiger partial charge in [0.15, 0.2) is 17.3 Å². The molecule has 0 bridgehead atoms. The number of amides is 1. The summed E-state index contributed by atoms with van der Waals surface area (Å²) in [6.07, 6.45) is -4.54. The number of methoxy groups -OCH3 is 3. The summed E-state index contributed by atoms with van der Waals surface area (Å²) in [5, 5.41) is 40.5. The number of aliphatic hydroxyl groups excluding tert-OH is 4. The lowest BCUT2D eigenvalue weighted by atomic mass is 9.64. The van der Waals surface area contributed by atoms with Crippen LogP contribution in [0.25, 0.3) is 5.57 Å². The first-order valence-corrected chi connectivity index (χ1v) is 13.1. The lowest BCUT2D eigenvalue weighted by Crippen LogP contribution is -2.60. The molecule has 218 valence electrons. The second kappa shape index (κ2) is 10.7. The van der Waals surface area contributed by atoms with Gasteiger partial charge < -0.3 is 49.0 Å². The van der Waals surface area contributed by atoms with Crippen LogP contribution < -0.4 is 14.2 Å². The summed E-state index contributed by atoms with van der Waals surface area (Å²) >= 11 is 0. The number of carbonyl (C=O) groups excluding carboxylic acids is 2. The van der Waals surface area contributed by atoms with Crippen molar-refractivity contribution >= 4 is 17.3 Å². The van der Waals surface area contributed by atoms with E-state index in [0.29, 0.717) is 18.6 Å². The fourth-order valence-electron chi connectivity index (χ4n) is 6.37. The van der Waals surface area contributed by atoms with Crippen LogP contribution in [0.3, 0.4) is 0 Å². The van der Waals surface area contributed by atoms with Gasteiger partial charge in [-0.2, -0.15) is 0 Å². The average Bonchev–Trinajstić information content (AvgIpc) is 3.12. The van der Waals surface area contributed by atoms with E-state index in [-0.39, 0.29) is 40.9 Å². The number of benzene rings is 1. The van der Waals surface area contributed by atoms with Crippen LogP contribution in [0.1, 0.15) is 24.5 Å². The highest BCUT2D eigenvalue weighted by Gasteiger charge is 2.55. The fraction of sp³-hybridized carbons (Fsp3) is 0.571. The largest absolute Gasteiger partial charge is 0.493 e. The predicted molar refractivity (Wildman–Crippen MR) is 138 cm³/mol. The molecule has 5 rings (SSSR count). The van der Waals surface area contributed by atoms with E-state index < -0.39 is 43.2 Å². The molecule has 1 amide bonds. The zero-order chi connectivity index (χ0) is 29.0. The zero-order valence-electron chi connectivity index (χ0n) is 23.0. The number of fused-ring (bicyclic) bond motifs is 5. The number of aliphatic hydroxyl groups is 4. The minimum Gasteiger partial charge on any atom is -0.493 e. The number of hydrogen-bond acceptors (Lipinski definition) is 11. The van der Waals surface area contributed by atoms with Gasteiger partial charge in [0, 0.05) is 25.5 Å². The Morgan fingerprint density at radius 2 is 1.77 bits per heavy atom. The minimum absolute atomic E-state index is 0.120. The maximum Gasteiger partial charge on any atom is 0.229 e. The molecule has 4 aliphatic rings. The smallest absolute Gasteiger partial charge is 0.229 e. The molecule has 0 radical (unpaired) electrons. The standard InChI is InChI=1S/C28H35NO11/c1-11(31)29(2)14-7-6-12-8-16(39-28-25(35)24(34)23(33)17(10-30)40-28)26(37-4)27(38-5)18(12)19-13-9-15(36-3)22(32)20(13)21(14)19/h8-9,13-14,17,20,23-25,28,30,33-35H,6-7,10H2,1-5H3/t13-,14-,17+,20+,23-,24-,25+,28-/m1/s1. The van der Waals surface area contributed by atoms with Gasteiger partial charge in [-0.15, -0.1) is 0 Å². The minimum atomic E-state index is -1.62. The first-order chi connectivity index (χ1) is 19.1. The van der Waals surface area contributed by atoms with Crippen LogP contribution in [0, 0.1) is 11.8 Å². The quantitative estimate of drug-likeness (QED) is 0.348. The lowest BCUT2D eigenvalue weighted by Gasteiger charge is -2.42. The van der Waals surface area contributed by atoms with Gasteiger partial charge in [-0.1, -0.05) is 0 Å². The molecule has 1 aliphatic heterocycles. The third-order valence-corrected chi connectivity index (χ3v) is 8.48. The van der Waals surface area contributed by atoms with E-state index in [1.807, 2.05) is 0 Å². The molecule has 1 saturated heterocycles. The van der Waals surface area contributed by atoms with Gasteiger partial charge in [0.05, 0.1) is 39.9 Å². The summed E-state index contributed by atoms with van der Waals surface area (Å²) in [6, 6.07) is 1.39. The van der Waals surface area contributed by atoms with Crippen LogP contribution >= 0.6 is 0 Å². The van der Waals surface area contributed by atoms with Gasteiger partial charge in [0.2, 0.25) is 23.7 Å². The third-order valence-electron chi connectivity index (χ3n) is 8.48. The van der Waals surface area contributed by atoms with Crippen molar-refractivity contribution in [3.63, 3.8) is 0 Å². The number of likely N-dealkylation sites (N-methyl/N-ethyl adjacent to an activating group) is 1. The summed E-state index contributed by atoms with van der Waals surface area (Å²) in [7, 11) is 6.08. The fourth-order valence-corrected chi connectivity index (χ4v) is 6.37. The molecular weight excluding hydrogens is 526 g/mol. The van der Waals surface area contributed by atoms with Gasteiger partial charge >= 0.3 is 0 Å². The van der Waals surface area contributed by atoms with Gasteiger partial charge in [0.25, 0.3) is 0 Å². The number of rotatable bonds is 7. The number of aryl methyl sites for hydroxylation is 1. The molecule has 1 aromatic rings. The second-order valence-electron chi connectivity index (χ2n) is 10.4. The number of ketones is 1. The van der Waals surface area contributed by atoms with E-state index in [9.17, 15) is 30.0 Å². The Kier molecular flexibility index (Phi) is 7.57. The summed E-state index contributed by atoms with van der Waals surface area (Å²) in [4.78, 5) is 27.3. The van der Waals surface area contributed by atoms with E-state index >= 15 is 0 Å². The lowest BCUT2D eigenvalue weighted by molar-refractivity contribution is -0.277. The number of nitrogens with zero attached hydrogens (tertiary/aromatic N) is 1. The molecule has 1 aromatic carbocycles. The first kappa shape index (κ1) is 28.4. The third kappa shape index (κ3) is 4.17. The predicted octanol–water partition coefficient (Wildman–Crippen LogP) is -0.212. The SMILES string of the molecule is COC1=C[C@@H]2C3=C([C@H]2C1=O)[C@H](N(C)C(C)=O)CCc1cc(O[C@@H]2O[C@@H](CO)[C@@H](O)[C@@H](O)[C@@H]2O)c(OC)c(OC)c13. The summed E-state index contributed by atoms with van der Waals surface area (Å²) < 4.78 is 28.5. The molecule has 0 spiro atoms. The van der Waals surface area contributed by atoms with E-state index in [1.165, 1.54) is 28.3 Å². The van der Waals surface area contributed by atoms with Crippen molar-refractivity contribution in [2.75, 3.05) is 35.0 Å². The van der Waals surface area contributed by atoms with Crippen LogP contribution in [-0.4, -0.2) is 109 Å². The summed E-state index contributed by atoms with van der Waals surface area (Å²) in [5.41, 5.74) is 3.25. The monoisotopic (exact) mass is 561 g/mol. The van der Waals surface area contributed by atoms with Gasteiger partial charge in [0.1, 0.15) is 24.4 Å². The maximum atomic E-state index is 13.2. The molecule has 12 heteroatoms. The molecule has 0 unspecified atom stereocenters. The number of Topliss-reactive ketones (excluding diaryl/α,β-unsaturated/α-hetero) is 1. The van der Waals surface area contributed by atoms with Crippen LogP contribution in [-0.2, 0) is 25.5 Å². The van der Waals surface area contributed by atoms with Crippen molar-refractivity contribution in [3.05, 3.63) is 34.6 Å². The van der Waals surface area contributed by atoms with Gasteiger partial charge in [-0.25, -0.2) is 0 Å². The Morgan fingerprint density at radius 1 is 1.07 bits per heavy atom. The summed E-state index contributed by atoms with van der Waals surface area (Å²) in [5.74, 6) is -0.0123. The molecule has 0 saturated carbocycles. The molecule has 4 N–H and O–H groups in total. The normalized spacial score (nSPS) is 32.6. The Hall–Kier alpha value is -3.16. The van der Waals surface area contributed by atoms with E-state index in [4.69, 9.17) is 23.7 Å². The van der Waals surface area contributed by atoms with Crippen molar-refractivity contribution in [1.82, 2.24) is 4.90 Å². The van der Waals surface area contributed by atoms with Gasteiger partial charge in [-0.05, 0) is 41.7 Å². The Bertz CT molecular complexity index is 1270. The number of allylic oxidation sites excluding steroid dienone is 3. The zero-order valence-corrected chi connectivity index (χ0v) is 23.0. The van der Waals surface area contributed by atoms with E-state index in [2.05, 4.69) is 0 Å². The second-order valence-corrected chi connectivity index (χ2v) is 10.4. The van der Waals surface area contributed by atoms with Crippen LogP contribution in [0.5, 0.6) is 17.2 Å². The molecule has 8 atom stereocenters. The van der Waals surface area contributed by atoms with Gasteiger partial charge in [-0.3, -0.25) is 9.59 Å². The van der Waals surface area contributed by atoms with Crippen molar-refractivity contribution in [3.8, 4) is 17.2 Å². The highest BCUT2D eigenvalue weighted by atomic mass is 16.7. The van der Waals surface area contributed by atoms with Crippen molar-refractivity contribution in [2.45, 2.75) is 56.5 Å². The van der Waals surface area contributed by atoms with E-state index in [0.717, 1.165) is 22.3 Å². The number of ether oxygens (including phenoxy) is 5. The number of hydrogen-bond donors (Lipinski definition) is 4. The summed E-state index contributed by atoms with van der Waals surface area (Å²) in [6.45, 7) is 0.884. The Labute approximate surface area is 231 Å². The maximum absolute atomic E-state index is 13.2. The van der Waals surface area contributed by atoms with E-state index in [1.54, 1.807) is 24.1 Å². The molecular formula is C28H35NO11. The van der Waals surface area contributed by atoms with Crippen LogP contribution in [0.4, 0.5) is 0 Å². The molecule has 1 fully saturated rings. The Morgan fingerprint density at radius 3 is 2.38 bits per heavy atom. The molecule has 1 heterocycles. The van der Waals surface area contributed by atoms with Crippen molar-refractivity contribution < 1.29 is 53.7 Å². The molecule has 12 nitrogen and oxygen atoms in total. The topological polar surface area (TPSA) is 164 Å². The first-order valence-electron chi connectivity index (χ1n) is 13.1. The van der Waals surface area contributed by atoms with Crippen LogP contribution in [0.15, 0.2) is 23.5 Å². The molecule has 3 aliphatic carbocycles. The highest BCUT2D eigenvalue weighted by molar-refractivity contribution is 6.08. The van der Waals surface area contributed by atoms with Crippen molar-refractivity contribution in [1.29, 1.82) is 0 Å². The van der Waals surface area contributed by atoms with Crippen LogP contribution in [0.2, 0.25) is 0 Å². The Balaban J connectivity index is 1.63.